The summed E-state index contributed by atoms with van der Waals surface area (Å²) in [5.41, 5.74) is 3.55. The van der Waals surface area contributed by atoms with Crippen molar-refractivity contribution in [1.82, 2.24) is 15.5 Å². The maximum absolute atomic E-state index is 5.41. The number of aliphatic imine (C=N–C) groups is 1. The fourth-order valence-corrected chi connectivity index (χ4v) is 4.00. The lowest BCUT2D eigenvalue weighted by atomic mass is 10.1. The molecule has 1 saturated heterocycles. The van der Waals surface area contributed by atoms with Gasteiger partial charge in [0, 0.05) is 45.4 Å². The van der Waals surface area contributed by atoms with E-state index >= 15 is 0 Å². The number of guanidine groups is 1. The lowest BCUT2D eigenvalue weighted by molar-refractivity contribution is 0.184. The highest BCUT2D eigenvalue weighted by atomic mass is 127. The van der Waals surface area contributed by atoms with Gasteiger partial charge in [0.15, 0.2) is 5.96 Å². The number of halogens is 1. The molecule has 0 radical (unpaired) electrons. The van der Waals surface area contributed by atoms with E-state index in [0.717, 1.165) is 50.1 Å². The predicted octanol–water partition coefficient (Wildman–Crippen LogP) is 3.80. The van der Waals surface area contributed by atoms with E-state index in [9.17, 15) is 0 Å². The van der Waals surface area contributed by atoms with Crippen molar-refractivity contribution in [1.29, 1.82) is 0 Å². The molecule has 1 aliphatic rings. The van der Waals surface area contributed by atoms with Crippen LogP contribution in [0.25, 0.3) is 0 Å². The van der Waals surface area contributed by atoms with E-state index in [2.05, 4.69) is 46.7 Å². The van der Waals surface area contributed by atoms with Crippen LogP contribution in [0, 0.1) is 0 Å². The Balaban J connectivity index is 0.00000385. The lowest BCUT2D eigenvalue weighted by Crippen LogP contribution is -2.44. The largest absolute Gasteiger partial charge is 0.497 e. The monoisotopic (exact) mass is 568 g/mol. The molecule has 1 heterocycles. The standard InChI is InChI=1S/C25H36N4O3.HI/c1-5-26-25(27-15-20-8-6-7-9-21(20)18-30-2)28-22-10-11-29(17-22)16-19-12-23(31-3)14-24(13-19)32-4;/h6-9,12-14,22H,5,10-11,15-18H2,1-4H3,(H2,26,27,28);1H. The van der Waals surface area contributed by atoms with Crippen LogP contribution in [0.5, 0.6) is 11.5 Å². The molecule has 3 rings (SSSR count). The highest BCUT2D eigenvalue weighted by Gasteiger charge is 2.23. The molecular formula is C25H37IN4O3. The Morgan fingerprint density at radius 1 is 1.06 bits per heavy atom. The predicted molar refractivity (Wildman–Crippen MR) is 144 cm³/mol. The molecule has 8 heteroatoms. The number of ether oxygens (including phenoxy) is 3. The number of methoxy groups -OCH3 is 3. The van der Waals surface area contributed by atoms with Gasteiger partial charge in [0.2, 0.25) is 0 Å². The van der Waals surface area contributed by atoms with Crippen molar-refractivity contribution >= 4 is 29.9 Å². The number of hydrogen-bond donors (Lipinski definition) is 2. The normalized spacial score (nSPS) is 16.2. The molecule has 2 N–H and O–H groups in total. The molecule has 7 nitrogen and oxygen atoms in total. The number of benzene rings is 2. The maximum Gasteiger partial charge on any atom is 0.191 e. The molecule has 0 amide bonds. The van der Waals surface area contributed by atoms with Crippen molar-refractivity contribution in [2.75, 3.05) is 41.0 Å². The van der Waals surface area contributed by atoms with Crippen LogP contribution < -0.4 is 20.1 Å². The first-order valence-corrected chi connectivity index (χ1v) is 11.2. The first-order chi connectivity index (χ1) is 15.6. The first-order valence-electron chi connectivity index (χ1n) is 11.2. The van der Waals surface area contributed by atoms with E-state index < -0.39 is 0 Å². The van der Waals surface area contributed by atoms with Gasteiger partial charge in [0.05, 0.1) is 27.4 Å². The Labute approximate surface area is 214 Å². The van der Waals surface area contributed by atoms with Crippen molar-refractivity contribution in [3.63, 3.8) is 0 Å². The molecule has 2 aromatic rings. The summed E-state index contributed by atoms with van der Waals surface area (Å²) in [5, 5.41) is 7.00. The van der Waals surface area contributed by atoms with Gasteiger partial charge in [-0.25, -0.2) is 4.99 Å². The van der Waals surface area contributed by atoms with Gasteiger partial charge in [0.25, 0.3) is 0 Å². The van der Waals surface area contributed by atoms with E-state index in [1.54, 1.807) is 21.3 Å². The topological polar surface area (TPSA) is 67.4 Å². The fourth-order valence-electron chi connectivity index (χ4n) is 4.00. The van der Waals surface area contributed by atoms with Crippen molar-refractivity contribution in [3.05, 3.63) is 59.2 Å². The summed E-state index contributed by atoms with van der Waals surface area (Å²) < 4.78 is 16.1. The number of nitrogens with zero attached hydrogens (tertiary/aromatic N) is 2. The second-order valence-corrected chi connectivity index (χ2v) is 7.98. The van der Waals surface area contributed by atoms with Crippen LogP contribution in [0.15, 0.2) is 47.5 Å². The van der Waals surface area contributed by atoms with E-state index in [4.69, 9.17) is 19.2 Å². The third-order valence-corrected chi connectivity index (χ3v) is 5.60. The van der Waals surface area contributed by atoms with Crippen LogP contribution in [0.2, 0.25) is 0 Å². The van der Waals surface area contributed by atoms with Crippen LogP contribution in [-0.4, -0.2) is 57.9 Å². The maximum atomic E-state index is 5.41. The smallest absolute Gasteiger partial charge is 0.191 e. The minimum atomic E-state index is 0. The molecule has 182 valence electrons. The Morgan fingerprint density at radius 3 is 2.39 bits per heavy atom. The minimum absolute atomic E-state index is 0. The zero-order valence-electron chi connectivity index (χ0n) is 20.1. The molecule has 0 spiro atoms. The summed E-state index contributed by atoms with van der Waals surface area (Å²) in [6, 6.07) is 14.7. The molecule has 0 saturated carbocycles. The summed E-state index contributed by atoms with van der Waals surface area (Å²) >= 11 is 0. The van der Waals surface area contributed by atoms with Crippen molar-refractivity contribution in [2.45, 2.75) is 39.1 Å². The van der Waals surface area contributed by atoms with Gasteiger partial charge in [-0.1, -0.05) is 24.3 Å². The van der Waals surface area contributed by atoms with Crippen molar-refractivity contribution < 1.29 is 14.2 Å². The van der Waals surface area contributed by atoms with Gasteiger partial charge in [-0.05, 0) is 42.2 Å². The van der Waals surface area contributed by atoms with Crippen molar-refractivity contribution in [2.24, 2.45) is 4.99 Å². The van der Waals surface area contributed by atoms with E-state index in [1.165, 1.54) is 16.7 Å². The number of rotatable bonds is 10. The van der Waals surface area contributed by atoms with Crippen LogP contribution in [0.1, 0.15) is 30.0 Å². The quantitative estimate of drug-likeness (QED) is 0.258. The van der Waals surface area contributed by atoms with E-state index in [0.29, 0.717) is 19.2 Å². The Kier molecular flexibility index (Phi) is 11.8. The molecule has 0 aromatic heterocycles. The highest BCUT2D eigenvalue weighted by molar-refractivity contribution is 14.0. The van der Waals surface area contributed by atoms with Crippen LogP contribution in [0.3, 0.4) is 0 Å². The van der Waals surface area contributed by atoms with Gasteiger partial charge >= 0.3 is 0 Å². The summed E-state index contributed by atoms with van der Waals surface area (Å²) in [6.07, 6.45) is 1.08. The van der Waals surface area contributed by atoms with Gasteiger partial charge in [-0.15, -0.1) is 24.0 Å². The molecule has 1 aliphatic heterocycles. The molecule has 0 aliphatic carbocycles. The number of likely N-dealkylation sites (tertiary alicyclic amines) is 1. The Morgan fingerprint density at radius 2 is 1.76 bits per heavy atom. The Bertz CT molecular complexity index is 871. The zero-order chi connectivity index (χ0) is 22.8. The second-order valence-electron chi connectivity index (χ2n) is 7.98. The molecule has 1 fully saturated rings. The van der Waals surface area contributed by atoms with Crippen LogP contribution in [0.4, 0.5) is 0 Å². The average molecular weight is 569 g/mol. The van der Waals surface area contributed by atoms with Gasteiger partial charge in [0.1, 0.15) is 11.5 Å². The lowest BCUT2D eigenvalue weighted by Gasteiger charge is -2.19. The zero-order valence-corrected chi connectivity index (χ0v) is 22.4. The minimum Gasteiger partial charge on any atom is -0.497 e. The average Bonchev–Trinajstić information content (AvgIpc) is 3.24. The fraction of sp³-hybridized carbons (Fsp3) is 0.480. The van der Waals surface area contributed by atoms with Gasteiger partial charge in [-0.3, -0.25) is 4.90 Å². The van der Waals surface area contributed by atoms with Gasteiger partial charge < -0.3 is 24.8 Å². The van der Waals surface area contributed by atoms with Crippen LogP contribution >= 0.6 is 24.0 Å². The summed E-state index contributed by atoms with van der Waals surface area (Å²) in [4.78, 5) is 7.28. The van der Waals surface area contributed by atoms with E-state index in [-0.39, 0.29) is 24.0 Å². The SMILES string of the molecule is CCNC(=NCc1ccccc1COC)NC1CCN(Cc2cc(OC)cc(OC)c2)C1.I. The van der Waals surface area contributed by atoms with Gasteiger partial charge in [-0.2, -0.15) is 0 Å². The van der Waals surface area contributed by atoms with Crippen molar-refractivity contribution in [3.8, 4) is 11.5 Å². The second kappa shape index (κ2) is 14.3. The molecule has 0 bridgehead atoms. The molecular weight excluding hydrogens is 531 g/mol. The third kappa shape index (κ3) is 8.35. The number of nitrogens with one attached hydrogen (secondary N) is 2. The van der Waals surface area contributed by atoms with E-state index in [1.807, 2.05) is 18.2 Å². The first kappa shape index (κ1) is 27.2. The number of hydrogen-bond acceptors (Lipinski definition) is 5. The summed E-state index contributed by atoms with van der Waals surface area (Å²) in [7, 11) is 5.09. The highest BCUT2D eigenvalue weighted by Crippen LogP contribution is 2.24. The third-order valence-electron chi connectivity index (χ3n) is 5.60. The molecule has 1 atom stereocenters. The van der Waals surface area contributed by atoms with Crippen LogP contribution in [-0.2, 0) is 24.4 Å². The molecule has 33 heavy (non-hydrogen) atoms. The molecule has 1 unspecified atom stereocenters. The Hall–Kier alpha value is -2.04. The summed E-state index contributed by atoms with van der Waals surface area (Å²) in [5.74, 6) is 2.50. The summed E-state index contributed by atoms with van der Waals surface area (Å²) in [6.45, 7) is 7.00. The molecule has 2 aromatic carbocycles.